The zero-order valence-electron chi connectivity index (χ0n) is 9.66. The Bertz CT molecular complexity index is 333. The Labute approximate surface area is 95.7 Å². The molecule has 0 aliphatic heterocycles. The van der Waals surface area contributed by atoms with Crippen LogP contribution in [0.2, 0.25) is 0 Å². The molecule has 1 rings (SSSR count). The van der Waals surface area contributed by atoms with Crippen LogP contribution in [0.25, 0.3) is 0 Å². The molecule has 0 spiro atoms. The van der Waals surface area contributed by atoms with Crippen LogP contribution in [0.15, 0.2) is 24.3 Å². The van der Waals surface area contributed by atoms with Gasteiger partial charge in [0, 0.05) is 25.7 Å². The molecule has 1 atom stereocenters. The van der Waals surface area contributed by atoms with Crippen molar-refractivity contribution < 1.29 is 9.90 Å². The molecular weight excluding hydrogens is 204 g/mol. The lowest BCUT2D eigenvalue weighted by Crippen LogP contribution is -2.24. The van der Waals surface area contributed by atoms with Gasteiger partial charge >= 0.3 is 0 Å². The highest BCUT2D eigenvalue weighted by Gasteiger charge is 2.02. The molecule has 1 unspecified atom stereocenters. The van der Waals surface area contributed by atoms with Crippen LogP contribution in [0.4, 0.5) is 0 Å². The predicted molar refractivity (Wildman–Crippen MR) is 63.2 cm³/mol. The lowest BCUT2D eigenvalue weighted by molar-refractivity contribution is 0.0963. The van der Waals surface area contributed by atoms with Gasteiger partial charge in [-0.2, -0.15) is 0 Å². The molecule has 0 heterocycles. The van der Waals surface area contributed by atoms with E-state index >= 15 is 0 Å². The van der Waals surface area contributed by atoms with Crippen molar-refractivity contribution in [2.75, 3.05) is 13.6 Å². The summed E-state index contributed by atoms with van der Waals surface area (Å²) >= 11 is 0. The zero-order chi connectivity index (χ0) is 12.0. The fourth-order valence-electron chi connectivity index (χ4n) is 1.34. The number of nitrogens with one attached hydrogen (secondary N) is 2. The van der Waals surface area contributed by atoms with Gasteiger partial charge in [-0.25, -0.2) is 0 Å². The quantitative estimate of drug-likeness (QED) is 0.680. The summed E-state index contributed by atoms with van der Waals surface area (Å²) in [5.74, 6) is -0.0801. The van der Waals surface area contributed by atoms with E-state index in [-0.39, 0.29) is 12.0 Å². The van der Waals surface area contributed by atoms with Gasteiger partial charge in [0.1, 0.15) is 0 Å². The second-order valence-electron chi connectivity index (χ2n) is 3.76. The SMILES string of the molecule is CNC(=O)c1ccc(CNCC(C)O)cc1. The topological polar surface area (TPSA) is 61.4 Å². The molecule has 0 aromatic heterocycles. The molecule has 0 aliphatic rings. The maximum absolute atomic E-state index is 11.3. The van der Waals surface area contributed by atoms with Crippen LogP contribution in [0.5, 0.6) is 0 Å². The summed E-state index contributed by atoms with van der Waals surface area (Å²) in [6, 6.07) is 7.38. The predicted octanol–water partition coefficient (Wildman–Crippen LogP) is 0.517. The highest BCUT2D eigenvalue weighted by molar-refractivity contribution is 5.93. The van der Waals surface area contributed by atoms with Gasteiger partial charge in [-0.15, -0.1) is 0 Å². The van der Waals surface area contributed by atoms with Crippen molar-refractivity contribution in [2.45, 2.75) is 19.6 Å². The molecule has 0 saturated heterocycles. The molecule has 0 fully saturated rings. The van der Waals surface area contributed by atoms with Crippen molar-refractivity contribution in [1.82, 2.24) is 10.6 Å². The largest absolute Gasteiger partial charge is 0.392 e. The average molecular weight is 222 g/mol. The van der Waals surface area contributed by atoms with Crippen molar-refractivity contribution in [2.24, 2.45) is 0 Å². The van der Waals surface area contributed by atoms with E-state index < -0.39 is 0 Å². The van der Waals surface area contributed by atoms with E-state index in [0.717, 1.165) is 5.56 Å². The summed E-state index contributed by atoms with van der Waals surface area (Å²) in [6.07, 6.45) is -0.342. The standard InChI is InChI=1S/C12H18N2O2/c1-9(15)7-14-8-10-3-5-11(6-4-10)12(16)13-2/h3-6,9,14-15H,7-8H2,1-2H3,(H,13,16). The van der Waals surface area contributed by atoms with Crippen LogP contribution in [0, 0.1) is 0 Å². The van der Waals surface area contributed by atoms with Gasteiger partial charge in [0.2, 0.25) is 0 Å². The molecule has 4 nitrogen and oxygen atoms in total. The molecule has 0 aliphatic carbocycles. The van der Waals surface area contributed by atoms with Gasteiger partial charge in [0.25, 0.3) is 5.91 Å². The minimum atomic E-state index is -0.342. The van der Waals surface area contributed by atoms with Crippen molar-refractivity contribution in [3.05, 3.63) is 35.4 Å². The number of hydrogen-bond donors (Lipinski definition) is 3. The lowest BCUT2D eigenvalue weighted by Gasteiger charge is -2.07. The number of carbonyl (C=O) groups excluding carboxylic acids is 1. The maximum Gasteiger partial charge on any atom is 0.251 e. The van der Waals surface area contributed by atoms with E-state index in [2.05, 4.69) is 10.6 Å². The maximum atomic E-state index is 11.3. The van der Waals surface area contributed by atoms with Crippen molar-refractivity contribution in [1.29, 1.82) is 0 Å². The van der Waals surface area contributed by atoms with E-state index in [0.29, 0.717) is 18.7 Å². The minimum absolute atomic E-state index is 0.0801. The van der Waals surface area contributed by atoms with Gasteiger partial charge in [-0.1, -0.05) is 12.1 Å². The van der Waals surface area contributed by atoms with Crippen molar-refractivity contribution >= 4 is 5.91 Å². The summed E-state index contributed by atoms with van der Waals surface area (Å²) in [5, 5.41) is 14.7. The molecule has 0 radical (unpaired) electrons. The van der Waals surface area contributed by atoms with Crippen LogP contribution >= 0.6 is 0 Å². The van der Waals surface area contributed by atoms with Gasteiger partial charge in [0.05, 0.1) is 6.10 Å². The third-order valence-electron chi connectivity index (χ3n) is 2.21. The van der Waals surface area contributed by atoms with Gasteiger partial charge < -0.3 is 15.7 Å². The van der Waals surface area contributed by atoms with E-state index in [4.69, 9.17) is 5.11 Å². The first-order valence-electron chi connectivity index (χ1n) is 5.33. The number of aliphatic hydroxyl groups is 1. The van der Waals surface area contributed by atoms with E-state index in [1.807, 2.05) is 12.1 Å². The van der Waals surface area contributed by atoms with Crippen molar-refractivity contribution in [3.63, 3.8) is 0 Å². The van der Waals surface area contributed by atoms with Crippen LogP contribution in [0.3, 0.4) is 0 Å². The summed E-state index contributed by atoms with van der Waals surface area (Å²) in [7, 11) is 1.61. The average Bonchev–Trinajstić information content (AvgIpc) is 2.28. The molecule has 1 amide bonds. The van der Waals surface area contributed by atoms with Crippen LogP contribution in [0.1, 0.15) is 22.8 Å². The first-order valence-corrected chi connectivity index (χ1v) is 5.33. The molecule has 0 bridgehead atoms. The number of benzene rings is 1. The Balaban J connectivity index is 2.48. The van der Waals surface area contributed by atoms with Crippen LogP contribution < -0.4 is 10.6 Å². The van der Waals surface area contributed by atoms with Gasteiger partial charge in [0.15, 0.2) is 0 Å². The first kappa shape index (κ1) is 12.7. The third kappa shape index (κ3) is 4.00. The fraction of sp³-hybridized carbons (Fsp3) is 0.417. The Morgan fingerprint density at radius 3 is 2.50 bits per heavy atom. The smallest absolute Gasteiger partial charge is 0.251 e. The second-order valence-corrected chi connectivity index (χ2v) is 3.76. The molecule has 16 heavy (non-hydrogen) atoms. The molecular formula is C12H18N2O2. The zero-order valence-corrected chi connectivity index (χ0v) is 9.66. The number of carbonyl (C=O) groups is 1. The monoisotopic (exact) mass is 222 g/mol. The summed E-state index contributed by atoms with van der Waals surface area (Å²) in [4.78, 5) is 11.3. The summed E-state index contributed by atoms with van der Waals surface area (Å²) in [6.45, 7) is 3.00. The Morgan fingerprint density at radius 2 is 2.00 bits per heavy atom. The Kier molecular flexibility index (Phi) is 4.95. The van der Waals surface area contributed by atoms with E-state index in [1.165, 1.54) is 0 Å². The van der Waals surface area contributed by atoms with Gasteiger partial charge in [-0.3, -0.25) is 4.79 Å². The fourth-order valence-corrected chi connectivity index (χ4v) is 1.34. The lowest BCUT2D eigenvalue weighted by atomic mass is 10.1. The highest BCUT2D eigenvalue weighted by atomic mass is 16.3. The molecule has 0 saturated carbocycles. The first-order chi connectivity index (χ1) is 7.63. The summed E-state index contributed by atoms with van der Waals surface area (Å²) in [5.41, 5.74) is 1.75. The molecule has 3 N–H and O–H groups in total. The number of aliphatic hydroxyl groups excluding tert-OH is 1. The third-order valence-corrected chi connectivity index (χ3v) is 2.21. The van der Waals surface area contributed by atoms with Gasteiger partial charge in [-0.05, 0) is 24.6 Å². The molecule has 4 heteroatoms. The highest BCUT2D eigenvalue weighted by Crippen LogP contribution is 2.04. The Morgan fingerprint density at radius 1 is 1.38 bits per heavy atom. The normalized spacial score (nSPS) is 12.2. The van der Waals surface area contributed by atoms with Crippen LogP contribution in [-0.4, -0.2) is 30.7 Å². The minimum Gasteiger partial charge on any atom is -0.392 e. The molecule has 1 aromatic rings. The molecule has 88 valence electrons. The van der Waals surface area contributed by atoms with E-state index in [1.54, 1.807) is 26.1 Å². The number of rotatable bonds is 5. The van der Waals surface area contributed by atoms with Crippen molar-refractivity contribution in [3.8, 4) is 0 Å². The Hall–Kier alpha value is -1.39. The van der Waals surface area contributed by atoms with E-state index in [9.17, 15) is 4.79 Å². The number of amides is 1. The molecule has 1 aromatic carbocycles. The number of hydrogen-bond acceptors (Lipinski definition) is 3. The summed E-state index contributed by atoms with van der Waals surface area (Å²) < 4.78 is 0. The second kappa shape index (κ2) is 6.25. The van der Waals surface area contributed by atoms with Crippen LogP contribution in [-0.2, 0) is 6.54 Å².